The predicted molar refractivity (Wildman–Crippen MR) is 65.1 cm³/mol. The van der Waals surface area contributed by atoms with Gasteiger partial charge in [0.2, 0.25) is 0 Å². The van der Waals surface area contributed by atoms with E-state index in [9.17, 15) is 4.39 Å². The van der Waals surface area contributed by atoms with E-state index in [1.54, 1.807) is 12.1 Å². The molecule has 1 rings (SSSR count). The van der Waals surface area contributed by atoms with Gasteiger partial charge in [0, 0.05) is 0 Å². The lowest BCUT2D eigenvalue weighted by molar-refractivity contribution is 0.305. The Labute approximate surface area is 96.6 Å². The number of benzene rings is 1. The third-order valence-corrected chi connectivity index (χ3v) is 2.52. The van der Waals surface area contributed by atoms with Crippen molar-refractivity contribution in [2.24, 2.45) is 0 Å². The number of halogens is 1. The van der Waals surface area contributed by atoms with Crippen LogP contribution in [0.5, 0.6) is 5.75 Å². The molecule has 0 aliphatic rings. The van der Waals surface area contributed by atoms with Gasteiger partial charge in [-0.25, -0.2) is 4.39 Å². The Hall–Kier alpha value is -1.25. The number of hydrogen-bond donors (Lipinski definition) is 1. The number of nitrogens with two attached hydrogens (primary N) is 1. The molecule has 0 spiro atoms. The van der Waals surface area contributed by atoms with Gasteiger partial charge in [0.25, 0.3) is 0 Å². The molecule has 1 aromatic rings. The Morgan fingerprint density at radius 2 is 1.94 bits per heavy atom. The Balaban J connectivity index is 2.24. The maximum atomic E-state index is 13.0. The van der Waals surface area contributed by atoms with Crippen molar-refractivity contribution < 1.29 is 9.13 Å². The van der Waals surface area contributed by atoms with E-state index in [0.29, 0.717) is 12.4 Å². The Morgan fingerprint density at radius 3 is 2.69 bits per heavy atom. The molecule has 0 atom stereocenters. The van der Waals surface area contributed by atoms with Crippen LogP contribution in [0.3, 0.4) is 0 Å². The van der Waals surface area contributed by atoms with E-state index >= 15 is 0 Å². The van der Waals surface area contributed by atoms with E-state index in [0.717, 1.165) is 12.8 Å². The van der Waals surface area contributed by atoms with Crippen molar-refractivity contribution in [1.82, 2.24) is 0 Å². The van der Waals surface area contributed by atoms with E-state index in [4.69, 9.17) is 10.5 Å². The van der Waals surface area contributed by atoms with Crippen molar-refractivity contribution in [3.8, 4) is 5.75 Å². The molecular formula is C13H20FNO. The highest BCUT2D eigenvalue weighted by Gasteiger charge is 2.04. The third kappa shape index (κ3) is 4.09. The minimum atomic E-state index is -0.413. The van der Waals surface area contributed by atoms with Gasteiger partial charge >= 0.3 is 0 Å². The first kappa shape index (κ1) is 12.8. The molecule has 0 aliphatic carbocycles. The average molecular weight is 225 g/mol. The van der Waals surface area contributed by atoms with Crippen LogP contribution in [0.4, 0.5) is 10.1 Å². The van der Waals surface area contributed by atoms with Gasteiger partial charge in [-0.05, 0) is 18.6 Å². The molecule has 16 heavy (non-hydrogen) atoms. The number of anilines is 1. The molecule has 1 aromatic carbocycles. The second-order valence-electron chi connectivity index (χ2n) is 3.91. The Bertz CT molecular complexity index is 315. The molecule has 3 heteroatoms. The van der Waals surface area contributed by atoms with Gasteiger partial charge in [0.1, 0.15) is 17.3 Å². The van der Waals surface area contributed by atoms with Crippen LogP contribution in [0.1, 0.15) is 39.0 Å². The smallest absolute Gasteiger partial charge is 0.149 e. The van der Waals surface area contributed by atoms with Crippen molar-refractivity contribution >= 4 is 5.69 Å². The maximum absolute atomic E-state index is 13.0. The molecular weight excluding hydrogens is 205 g/mol. The lowest BCUT2D eigenvalue weighted by atomic mass is 10.2. The number of ether oxygens (including phenoxy) is 1. The van der Waals surface area contributed by atoms with Crippen molar-refractivity contribution in [2.45, 2.75) is 39.0 Å². The fourth-order valence-corrected chi connectivity index (χ4v) is 1.53. The summed E-state index contributed by atoms with van der Waals surface area (Å²) >= 11 is 0. The molecule has 0 radical (unpaired) electrons. The van der Waals surface area contributed by atoms with Crippen LogP contribution in [0.15, 0.2) is 18.2 Å². The van der Waals surface area contributed by atoms with Crippen LogP contribution in [0, 0.1) is 5.82 Å². The van der Waals surface area contributed by atoms with Gasteiger partial charge in [-0.2, -0.15) is 0 Å². The molecule has 0 heterocycles. The van der Waals surface area contributed by atoms with Gasteiger partial charge in [-0.1, -0.05) is 38.7 Å². The van der Waals surface area contributed by atoms with Gasteiger partial charge in [0.05, 0.1) is 6.61 Å². The van der Waals surface area contributed by atoms with Crippen LogP contribution in [-0.2, 0) is 0 Å². The van der Waals surface area contributed by atoms with E-state index in [2.05, 4.69) is 6.92 Å². The summed E-state index contributed by atoms with van der Waals surface area (Å²) in [5.74, 6) is 0.0407. The lowest BCUT2D eigenvalue weighted by Gasteiger charge is -2.08. The number of unbranched alkanes of at least 4 members (excludes halogenated alkanes) is 4. The third-order valence-electron chi connectivity index (χ3n) is 2.52. The Morgan fingerprint density at radius 1 is 1.19 bits per heavy atom. The summed E-state index contributed by atoms with van der Waals surface area (Å²) in [6.45, 7) is 2.79. The van der Waals surface area contributed by atoms with Crippen molar-refractivity contribution in [3.63, 3.8) is 0 Å². The fraction of sp³-hybridized carbons (Fsp3) is 0.538. The zero-order valence-electron chi connectivity index (χ0n) is 9.84. The summed E-state index contributed by atoms with van der Waals surface area (Å²) in [7, 11) is 0. The minimum Gasteiger partial charge on any atom is -0.491 e. The Kier molecular flexibility index (Phi) is 5.68. The molecule has 0 amide bonds. The topological polar surface area (TPSA) is 35.2 Å². The summed E-state index contributed by atoms with van der Waals surface area (Å²) in [6.07, 6.45) is 5.89. The molecule has 90 valence electrons. The second-order valence-corrected chi connectivity index (χ2v) is 3.91. The fourth-order valence-electron chi connectivity index (χ4n) is 1.53. The summed E-state index contributed by atoms with van der Waals surface area (Å²) in [6, 6.07) is 4.64. The van der Waals surface area contributed by atoms with E-state index in [-0.39, 0.29) is 5.69 Å². The molecule has 0 aliphatic heterocycles. The highest BCUT2D eigenvalue weighted by Crippen LogP contribution is 2.23. The van der Waals surface area contributed by atoms with E-state index in [1.807, 2.05) is 0 Å². The van der Waals surface area contributed by atoms with Crippen molar-refractivity contribution in [1.29, 1.82) is 0 Å². The maximum Gasteiger partial charge on any atom is 0.149 e. The van der Waals surface area contributed by atoms with Crippen LogP contribution in [-0.4, -0.2) is 6.61 Å². The molecule has 0 saturated carbocycles. The van der Waals surface area contributed by atoms with Crippen LogP contribution < -0.4 is 10.5 Å². The van der Waals surface area contributed by atoms with E-state index < -0.39 is 5.82 Å². The summed E-state index contributed by atoms with van der Waals surface area (Å²) in [4.78, 5) is 0. The molecule has 0 bridgehead atoms. The van der Waals surface area contributed by atoms with Gasteiger partial charge in [-0.3, -0.25) is 0 Å². The quantitative estimate of drug-likeness (QED) is 0.566. The average Bonchev–Trinajstić information content (AvgIpc) is 2.29. The summed E-state index contributed by atoms with van der Waals surface area (Å²) < 4.78 is 18.5. The number of rotatable bonds is 7. The first-order valence-corrected chi connectivity index (χ1v) is 5.92. The highest BCUT2D eigenvalue weighted by molar-refractivity contribution is 5.53. The monoisotopic (exact) mass is 225 g/mol. The van der Waals surface area contributed by atoms with E-state index in [1.165, 1.54) is 25.3 Å². The van der Waals surface area contributed by atoms with Gasteiger partial charge in [-0.15, -0.1) is 0 Å². The van der Waals surface area contributed by atoms with Crippen molar-refractivity contribution in [3.05, 3.63) is 24.0 Å². The highest BCUT2D eigenvalue weighted by atomic mass is 19.1. The molecule has 0 aromatic heterocycles. The molecule has 0 saturated heterocycles. The molecule has 2 N–H and O–H groups in total. The lowest BCUT2D eigenvalue weighted by Crippen LogP contribution is -2.01. The van der Waals surface area contributed by atoms with Gasteiger partial charge in [0.15, 0.2) is 0 Å². The molecule has 2 nitrogen and oxygen atoms in total. The number of para-hydroxylation sites is 1. The normalized spacial score (nSPS) is 10.4. The molecule has 0 fully saturated rings. The van der Waals surface area contributed by atoms with Crippen LogP contribution >= 0.6 is 0 Å². The first-order chi connectivity index (χ1) is 7.75. The summed E-state index contributed by atoms with van der Waals surface area (Å²) in [5.41, 5.74) is 5.65. The van der Waals surface area contributed by atoms with Gasteiger partial charge < -0.3 is 10.5 Å². The standard InChI is InChI=1S/C13H20FNO/c1-2-3-4-5-6-10-16-12-9-7-8-11(14)13(12)15/h7-9H,2-6,10,15H2,1H3. The zero-order valence-corrected chi connectivity index (χ0v) is 9.84. The van der Waals surface area contributed by atoms with Crippen LogP contribution in [0.2, 0.25) is 0 Å². The minimum absolute atomic E-state index is 0.107. The first-order valence-electron chi connectivity index (χ1n) is 5.92. The summed E-state index contributed by atoms with van der Waals surface area (Å²) in [5, 5.41) is 0. The number of hydrogen-bond acceptors (Lipinski definition) is 2. The largest absolute Gasteiger partial charge is 0.491 e. The van der Waals surface area contributed by atoms with Crippen LogP contribution in [0.25, 0.3) is 0 Å². The number of nitrogen functional groups attached to an aromatic ring is 1. The zero-order chi connectivity index (χ0) is 11.8. The van der Waals surface area contributed by atoms with Crippen molar-refractivity contribution in [2.75, 3.05) is 12.3 Å². The SMILES string of the molecule is CCCCCCCOc1cccc(F)c1N. The second kappa shape index (κ2) is 7.09. The molecule has 0 unspecified atom stereocenters. The predicted octanol–water partition coefficient (Wildman–Crippen LogP) is 3.76.